The average Bonchev–Trinajstić information content (AvgIpc) is 2.47. The monoisotopic (exact) mass is 304 g/mol. The molecule has 0 unspecified atom stereocenters. The van der Waals surface area contributed by atoms with Crippen LogP contribution in [0, 0.1) is 5.92 Å². The quantitative estimate of drug-likeness (QED) is 0.416. The highest BCUT2D eigenvalue weighted by molar-refractivity contribution is 5.91. The zero-order chi connectivity index (χ0) is 16.4. The van der Waals surface area contributed by atoms with Crippen LogP contribution in [-0.4, -0.2) is 19.1 Å². The third-order valence-electron chi connectivity index (χ3n) is 3.24. The Balaban J connectivity index is 2.52. The lowest BCUT2D eigenvalue weighted by atomic mass is 10.1. The number of anilines is 1. The van der Waals surface area contributed by atoms with Crippen molar-refractivity contribution in [2.24, 2.45) is 5.92 Å². The van der Waals surface area contributed by atoms with E-state index >= 15 is 0 Å². The summed E-state index contributed by atoms with van der Waals surface area (Å²) in [6.07, 6.45) is 6.35. The van der Waals surface area contributed by atoms with E-state index in [0.29, 0.717) is 30.5 Å². The third-order valence-corrected chi connectivity index (χ3v) is 3.24. The molecule has 0 aliphatic heterocycles. The fourth-order valence-corrected chi connectivity index (χ4v) is 1.83. The molecule has 0 spiro atoms. The normalized spacial score (nSPS) is 11.1. The molecule has 1 aromatic carbocycles. The van der Waals surface area contributed by atoms with Crippen molar-refractivity contribution in [1.29, 1.82) is 0 Å². The molecule has 0 saturated carbocycles. The summed E-state index contributed by atoms with van der Waals surface area (Å²) in [5, 5.41) is 2.84. The Morgan fingerprint density at radius 1 is 1.41 bits per heavy atom. The zero-order valence-electron chi connectivity index (χ0n) is 13.9. The Morgan fingerprint density at radius 3 is 2.82 bits per heavy atom. The van der Waals surface area contributed by atoms with E-state index < -0.39 is 0 Å². The molecule has 0 atom stereocenters. The highest BCUT2D eigenvalue weighted by Crippen LogP contribution is 2.23. The van der Waals surface area contributed by atoms with Crippen LogP contribution in [0.25, 0.3) is 6.08 Å². The van der Waals surface area contributed by atoms with Crippen molar-refractivity contribution < 1.29 is 9.53 Å². The van der Waals surface area contributed by atoms with Crippen molar-refractivity contribution in [2.75, 3.05) is 18.9 Å². The van der Waals surface area contributed by atoms with Crippen molar-refractivity contribution in [2.45, 2.75) is 40.0 Å². The number of nitrogen functional groups attached to an aromatic ring is 1. The largest absolute Gasteiger partial charge is 0.491 e. The number of nitrogens with two attached hydrogens (primary N) is 1. The Morgan fingerprint density at radius 2 is 2.18 bits per heavy atom. The summed E-state index contributed by atoms with van der Waals surface area (Å²) in [5.74, 6) is 1.23. The Kier molecular flexibility index (Phi) is 8.11. The van der Waals surface area contributed by atoms with Gasteiger partial charge in [-0.25, -0.2) is 0 Å². The zero-order valence-corrected chi connectivity index (χ0v) is 13.9. The molecule has 0 aliphatic rings. The summed E-state index contributed by atoms with van der Waals surface area (Å²) in [4.78, 5) is 11.6. The molecule has 22 heavy (non-hydrogen) atoms. The van der Waals surface area contributed by atoms with Gasteiger partial charge in [0.1, 0.15) is 5.75 Å². The molecule has 4 nitrogen and oxygen atoms in total. The van der Waals surface area contributed by atoms with Crippen molar-refractivity contribution in [1.82, 2.24) is 5.32 Å². The molecule has 0 fully saturated rings. The summed E-state index contributed by atoms with van der Waals surface area (Å²) < 4.78 is 5.67. The maximum atomic E-state index is 11.6. The standard InChI is InChI=1S/C18H28N2O2/c1-4-5-11-20-18(21)9-7-15-6-8-17(16(19)13-15)22-12-10-14(2)3/h6-9,13-14H,4-5,10-12,19H2,1-3H3,(H,20,21)/b9-7-. The number of unbranched alkanes of at least 4 members (excludes halogenated alkanes) is 1. The summed E-state index contributed by atoms with van der Waals surface area (Å²) in [7, 11) is 0. The van der Waals surface area contributed by atoms with Crippen LogP contribution in [0.1, 0.15) is 45.6 Å². The summed E-state index contributed by atoms with van der Waals surface area (Å²) in [6.45, 7) is 7.79. The predicted molar refractivity (Wildman–Crippen MR) is 92.8 cm³/mol. The molecule has 0 saturated heterocycles. The molecule has 1 rings (SSSR count). The average molecular weight is 304 g/mol. The van der Waals surface area contributed by atoms with Crippen molar-refractivity contribution >= 4 is 17.7 Å². The molecule has 0 aromatic heterocycles. The van der Waals surface area contributed by atoms with E-state index in [2.05, 4.69) is 26.1 Å². The van der Waals surface area contributed by atoms with Gasteiger partial charge in [0.25, 0.3) is 0 Å². The second-order valence-corrected chi connectivity index (χ2v) is 5.81. The van der Waals surface area contributed by atoms with E-state index in [9.17, 15) is 4.79 Å². The van der Waals surface area contributed by atoms with E-state index in [-0.39, 0.29) is 5.91 Å². The van der Waals surface area contributed by atoms with Gasteiger partial charge >= 0.3 is 0 Å². The molecule has 122 valence electrons. The summed E-state index contributed by atoms with van der Waals surface area (Å²) in [6, 6.07) is 5.57. The number of hydrogen-bond acceptors (Lipinski definition) is 3. The molecule has 4 heteroatoms. The number of ether oxygens (including phenoxy) is 1. The first-order valence-electron chi connectivity index (χ1n) is 8.01. The maximum absolute atomic E-state index is 11.6. The fraction of sp³-hybridized carbons (Fsp3) is 0.500. The molecule has 1 aromatic rings. The van der Waals surface area contributed by atoms with Gasteiger partial charge in [-0.3, -0.25) is 4.79 Å². The van der Waals surface area contributed by atoms with E-state index in [1.54, 1.807) is 6.08 Å². The maximum Gasteiger partial charge on any atom is 0.243 e. The van der Waals surface area contributed by atoms with Crippen LogP contribution in [0.3, 0.4) is 0 Å². The third kappa shape index (κ3) is 7.16. The fourth-order valence-electron chi connectivity index (χ4n) is 1.83. The van der Waals surface area contributed by atoms with Crippen LogP contribution in [-0.2, 0) is 4.79 Å². The summed E-state index contributed by atoms with van der Waals surface area (Å²) >= 11 is 0. The molecule has 0 aliphatic carbocycles. The minimum atomic E-state index is -0.0794. The van der Waals surface area contributed by atoms with E-state index in [1.807, 2.05) is 18.2 Å². The smallest absolute Gasteiger partial charge is 0.243 e. The van der Waals surface area contributed by atoms with Gasteiger partial charge in [0.15, 0.2) is 0 Å². The van der Waals surface area contributed by atoms with Crippen LogP contribution >= 0.6 is 0 Å². The van der Waals surface area contributed by atoms with Gasteiger partial charge in [-0.15, -0.1) is 0 Å². The van der Waals surface area contributed by atoms with E-state index in [0.717, 1.165) is 24.8 Å². The first kappa shape index (κ1) is 18.1. The lowest BCUT2D eigenvalue weighted by molar-refractivity contribution is -0.116. The minimum absolute atomic E-state index is 0.0794. The highest BCUT2D eigenvalue weighted by Gasteiger charge is 2.02. The van der Waals surface area contributed by atoms with Crippen LogP contribution in [0.2, 0.25) is 0 Å². The van der Waals surface area contributed by atoms with Gasteiger partial charge in [0, 0.05) is 12.6 Å². The van der Waals surface area contributed by atoms with Crippen LogP contribution < -0.4 is 15.8 Å². The van der Waals surface area contributed by atoms with Crippen LogP contribution in [0.5, 0.6) is 5.75 Å². The van der Waals surface area contributed by atoms with E-state index in [1.165, 1.54) is 6.08 Å². The number of carbonyl (C=O) groups excluding carboxylic acids is 1. The van der Waals surface area contributed by atoms with Crippen LogP contribution in [0.15, 0.2) is 24.3 Å². The molecular weight excluding hydrogens is 276 g/mol. The molecule has 0 heterocycles. The minimum Gasteiger partial charge on any atom is -0.491 e. The highest BCUT2D eigenvalue weighted by atomic mass is 16.5. The number of hydrogen-bond donors (Lipinski definition) is 2. The van der Waals surface area contributed by atoms with Crippen molar-refractivity contribution in [3.05, 3.63) is 29.8 Å². The van der Waals surface area contributed by atoms with Gasteiger partial charge in [-0.1, -0.05) is 33.3 Å². The lowest BCUT2D eigenvalue weighted by Gasteiger charge is -2.10. The lowest BCUT2D eigenvalue weighted by Crippen LogP contribution is -2.21. The topological polar surface area (TPSA) is 64.3 Å². The molecular formula is C18H28N2O2. The van der Waals surface area contributed by atoms with Gasteiger partial charge in [-0.05, 0) is 42.5 Å². The predicted octanol–water partition coefficient (Wildman–Crippen LogP) is 3.62. The number of rotatable bonds is 9. The summed E-state index contributed by atoms with van der Waals surface area (Å²) in [5.41, 5.74) is 7.47. The van der Waals surface area contributed by atoms with Crippen LogP contribution in [0.4, 0.5) is 5.69 Å². The molecule has 0 bridgehead atoms. The Labute approximate surface area is 133 Å². The van der Waals surface area contributed by atoms with Gasteiger partial charge in [0.2, 0.25) is 5.91 Å². The van der Waals surface area contributed by atoms with Gasteiger partial charge in [-0.2, -0.15) is 0 Å². The number of carbonyl (C=O) groups is 1. The first-order valence-corrected chi connectivity index (χ1v) is 8.01. The SMILES string of the molecule is CCCCNC(=O)/C=C\c1ccc(OCCC(C)C)c(N)c1. The van der Waals surface area contributed by atoms with Gasteiger partial charge < -0.3 is 15.8 Å². The van der Waals surface area contributed by atoms with E-state index in [4.69, 9.17) is 10.5 Å². The second-order valence-electron chi connectivity index (χ2n) is 5.81. The molecule has 1 amide bonds. The first-order chi connectivity index (χ1) is 10.5. The Bertz CT molecular complexity index is 496. The Hall–Kier alpha value is -1.97. The second kappa shape index (κ2) is 9.87. The number of benzene rings is 1. The van der Waals surface area contributed by atoms with Gasteiger partial charge in [0.05, 0.1) is 12.3 Å². The molecule has 3 N–H and O–H groups in total. The van der Waals surface area contributed by atoms with Crippen molar-refractivity contribution in [3.63, 3.8) is 0 Å². The van der Waals surface area contributed by atoms with Crippen molar-refractivity contribution in [3.8, 4) is 5.75 Å². The molecule has 0 radical (unpaired) electrons. The number of amides is 1. The number of nitrogens with one attached hydrogen (secondary N) is 1.